The van der Waals surface area contributed by atoms with E-state index < -0.39 is 11.1 Å². The number of benzene rings is 2. The van der Waals surface area contributed by atoms with Crippen molar-refractivity contribution in [1.82, 2.24) is 14.8 Å². The molecule has 10 heteroatoms. The van der Waals surface area contributed by atoms with Gasteiger partial charge in [0.15, 0.2) is 11.0 Å². The summed E-state index contributed by atoms with van der Waals surface area (Å²) in [4.78, 5) is 12.8. The summed E-state index contributed by atoms with van der Waals surface area (Å²) in [6.45, 7) is 3.11. The summed E-state index contributed by atoms with van der Waals surface area (Å²) < 4.78 is 26.4. The number of ether oxygens (including phenoxy) is 2. The minimum Gasteiger partial charge on any atom is -0.497 e. The zero-order valence-electron chi connectivity index (χ0n) is 18.3. The molecule has 1 aromatic heterocycles. The third-order valence-corrected chi connectivity index (χ3v) is 6.71. The fraction of sp³-hybridized carbons (Fsp3) is 0.348. The minimum atomic E-state index is -0.498. The van der Waals surface area contributed by atoms with Gasteiger partial charge < -0.3 is 14.8 Å². The van der Waals surface area contributed by atoms with Gasteiger partial charge in [-0.25, -0.2) is 4.39 Å². The third-order valence-electron chi connectivity index (χ3n) is 5.32. The maximum atomic E-state index is 13.3. The van der Waals surface area contributed by atoms with Crippen LogP contribution < -0.4 is 10.1 Å². The van der Waals surface area contributed by atoms with Crippen LogP contribution in [0.1, 0.15) is 19.8 Å². The molecule has 1 amide bonds. The molecule has 1 saturated heterocycles. The number of anilines is 1. The first-order valence-electron chi connectivity index (χ1n) is 10.6. The Morgan fingerprint density at radius 1 is 1.33 bits per heavy atom. The van der Waals surface area contributed by atoms with Crippen LogP contribution in [0, 0.1) is 5.82 Å². The van der Waals surface area contributed by atoms with E-state index in [0.29, 0.717) is 23.2 Å². The summed E-state index contributed by atoms with van der Waals surface area (Å²) in [6.07, 6.45) is 2.05. The van der Waals surface area contributed by atoms with Crippen molar-refractivity contribution in [2.45, 2.75) is 42.8 Å². The number of carbonyl (C=O) groups excluding carboxylic acids is 1. The zero-order chi connectivity index (χ0) is 23.4. The van der Waals surface area contributed by atoms with E-state index in [1.807, 2.05) is 28.8 Å². The molecule has 2 atom stereocenters. The molecule has 0 saturated carbocycles. The number of carbonyl (C=O) groups is 1. The SMILES string of the molecule is COc1ccc(-c2nnc(SC(C)C(=O)Nc3ccc(F)cc3Cl)n2CC2CCCO2)cc1. The lowest BCUT2D eigenvalue weighted by molar-refractivity contribution is -0.115. The first kappa shape index (κ1) is 23.5. The Balaban J connectivity index is 1.55. The summed E-state index contributed by atoms with van der Waals surface area (Å²) in [5.74, 6) is 0.716. The third kappa shape index (κ3) is 5.66. The lowest BCUT2D eigenvalue weighted by Crippen LogP contribution is -2.24. The van der Waals surface area contributed by atoms with Crippen LogP contribution in [-0.4, -0.2) is 45.7 Å². The number of methoxy groups -OCH3 is 1. The van der Waals surface area contributed by atoms with Crippen molar-refractivity contribution in [3.05, 3.63) is 53.3 Å². The summed E-state index contributed by atoms with van der Waals surface area (Å²) in [7, 11) is 1.62. The molecule has 1 aliphatic heterocycles. The molecule has 1 aliphatic rings. The van der Waals surface area contributed by atoms with Gasteiger partial charge in [-0.1, -0.05) is 23.4 Å². The molecule has 2 unspecified atom stereocenters. The molecule has 3 aromatic rings. The van der Waals surface area contributed by atoms with Gasteiger partial charge in [-0.15, -0.1) is 10.2 Å². The van der Waals surface area contributed by atoms with E-state index in [1.54, 1.807) is 14.0 Å². The Labute approximate surface area is 200 Å². The van der Waals surface area contributed by atoms with E-state index in [4.69, 9.17) is 21.1 Å². The zero-order valence-corrected chi connectivity index (χ0v) is 19.8. The van der Waals surface area contributed by atoms with Gasteiger partial charge in [0.1, 0.15) is 11.6 Å². The van der Waals surface area contributed by atoms with Crippen molar-refractivity contribution in [1.29, 1.82) is 0 Å². The van der Waals surface area contributed by atoms with Crippen molar-refractivity contribution in [2.24, 2.45) is 0 Å². The van der Waals surface area contributed by atoms with Crippen LogP contribution in [0.5, 0.6) is 5.75 Å². The van der Waals surface area contributed by atoms with Gasteiger partial charge in [-0.2, -0.15) is 0 Å². The normalized spacial score (nSPS) is 16.5. The van der Waals surface area contributed by atoms with Gasteiger partial charge >= 0.3 is 0 Å². The van der Waals surface area contributed by atoms with Crippen LogP contribution in [0.4, 0.5) is 10.1 Å². The Morgan fingerprint density at radius 2 is 2.12 bits per heavy atom. The summed E-state index contributed by atoms with van der Waals surface area (Å²) in [5, 5.41) is 11.8. The molecule has 7 nitrogen and oxygen atoms in total. The summed E-state index contributed by atoms with van der Waals surface area (Å²) in [5.41, 5.74) is 1.25. The molecule has 1 N–H and O–H groups in total. The fourth-order valence-corrected chi connectivity index (χ4v) is 4.60. The van der Waals surface area contributed by atoms with E-state index >= 15 is 0 Å². The van der Waals surface area contributed by atoms with Crippen molar-refractivity contribution in [3.63, 3.8) is 0 Å². The van der Waals surface area contributed by atoms with Gasteiger partial charge in [-0.05, 0) is 62.2 Å². The van der Waals surface area contributed by atoms with Crippen molar-refractivity contribution in [2.75, 3.05) is 19.0 Å². The molecule has 0 spiro atoms. The quantitative estimate of drug-likeness (QED) is 0.445. The van der Waals surface area contributed by atoms with Gasteiger partial charge in [0.25, 0.3) is 0 Å². The predicted octanol–water partition coefficient (Wildman–Crippen LogP) is 5.04. The number of aromatic nitrogens is 3. The molecule has 0 bridgehead atoms. The number of amides is 1. The second-order valence-corrected chi connectivity index (χ2v) is 9.37. The van der Waals surface area contributed by atoms with Crippen LogP contribution in [0.25, 0.3) is 11.4 Å². The van der Waals surface area contributed by atoms with Gasteiger partial charge in [0, 0.05) is 12.2 Å². The highest BCUT2D eigenvalue weighted by Crippen LogP contribution is 2.31. The molecule has 33 heavy (non-hydrogen) atoms. The molecule has 2 aromatic carbocycles. The number of nitrogens with one attached hydrogen (secondary N) is 1. The number of hydrogen-bond donors (Lipinski definition) is 1. The van der Waals surface area contributed by atoms with Gasteiger partial charge in [0.2, 0.25) is 5.91 Å². The Morgan fingerprint density at radius 3 is 2.79 bits per heavy atom. The highest BCUT2D eigenvalue weighted by atomic mass is 35.5. The molecular weight excluding hydrogens is 467 g/mol. The standard InChI is InChI=1S/C23H24ClFN4O3S/c1-14(22(30)26-20-10-7-16(25)12-19(20)24)33-23-28-27-21(15-5-8-17(31-2)9-6-15)29(23)13-18-4-3-11-32-18/h5-10,12,14,18H,3-4,11,13H2,1-2H3,(H,26,30). The van der Waals surface area contributed by atoms with Crippen molar-refractivity contribution in [3.8, 4) is 17.1 Å². The molecule has 1 fully saturated rings. The van der Waals surface area contributed by atoms with Gasteiger partial charge in [0.05, 0.1) is 35.7 Å². The van der Waals surface area contributed by atoms with Crippen LogP contribution in [0.2, 0.25) is 5.02 Å². The topological polar surface area (TPSA) is 78.3 Å². The van der Waals surface area contributed by atoms with E-state index in [0.717, 1.165) is 36.8 Å². The maximum Gasteiger partial charge on any atom is 0.237 e. The lowest BCUT2D eigenvalue weighted by atomic mass is 10.2. The largest absolute Gasteiger partial charge is 0.497 e. The number of rotatable bonds is 8. The number of halogens is 2. The Bertz CT molecular complexity index is 1120. The van der Waals surface area contributed by atoms with Crippen LogP contribution >= 0.6 is 23.4 Å². The van der Waals surface area contributed by atoms with Crippen LogP contribution in [0.15, 0.2) is 47.6 Å². The van der Waals surface area contributed by atoms with E-state index in [1.165, 1.54) is 23.9 Å². The second kappa shape index (κ2) is 10.5. The number of thioether (sulfide) groups is 1. The van der Waals surface area contributed by atoms with E-state index in [2.05, 4.69) is 15.5 Å². The summed E-state index contributed by atoms with van der Waals surface area (Å²) >= 11 is 7.33. The molecule has 174 valence electrons. The molecule has 4 rings (SSSR count). The molecule has 2 heterocycles. The summed E-state index contributed by atoms with van der Waals surface area (Å²) in [6, 6.07) is 11.4. The average molecular weight is 491 g/mol. The van der Waals surface area contributed by atoms with Gasteiger partial charge in [-0.3, -0.25) is 9.36 Å². The van der Waals surface area contributed by atoms with Crippen LogP contribution in [-0.2, 0) is 16.1 Å². The molecule has 0 radical (unpaired) electrons. The van der Waals surface area contributed by atoms with Crippen LogP contribution in [0.3, 0.4) is 0 Å². The predicted molar refractivity (Wildman–Crippen MR) is 126 cm³/mol. The van der Waals surface area contributed by atoms with Crippen molar-refractivity contribution < 1.29 is 18.7 Å². The Hall–Kier alpha value is -2.62. The van der Waals surface area contributed by atoms with E-state index in [-0.39, 0.29) is 17.0 Å². The maximum absolute atomic E-state index is 13.3. The number of hydrogen-bond acceptors (Lipinski definition) is 6. The minimum absolute atomic E-state index is 0.0690. The first-order chi connectivity index (χ1) is 15.9. The first-order valence-corrected chi connectivity index (χ1v) is 11.8. The molecular formula is C23H24ClFN4O3S. The molecule has 0 aliphatic carbocycles. The Kier molecular flexibility index (Phi) is 7.52. The smallest absolute Gasteiger partial charge is 0.237 e. The highest BCUT2D eigenvalue weighted by Gasteiger charge is 2.25. The second-order valence-electron chi connectivity index (χ2n) is 7.65. The van der Waals surface area contributed by atoms with E-state index in [9.17, 15) is 9.18 Å². The van der Waals surface area contributed by atoms with Crippen molar-refractivity contribution >= 4 is 35.0 Å². The number of nitrogens with zero attached hydrogens (tertiary/aromatic N) is 3. The average Bonchev–Trinajstić information content (AvgIpc) is 3.46. The lowest BCUT2D eigenvalue weighted by Gasteiger charge is -2.17. The monoisotopic (exact) mass is 490 g/mol. The fourth-order valence-electron chi connectivity index (χ4n) is 3.52. The highest BCUT2D eigenvalue weighted by molar-refractivity contribution is 8.00.